The largest absolute Gasteiger partial charge is 0.393 e. The number of rotatable bonds is 4. The van der Waals surface area contributed by atoms with Gasteiger partial charge in [-0.3, -0.25) is 9.59 Å². The monoisotopic (exact) mass is 514 g/mol. The number of carbonyl (C=O) groups excluding carboxylic acids is 2. The van der Waals surface area contributed by atoms with E-state index in [1.807, 2.05) is 0 Å². The molecule has 2 heterocycles. The Morgan fingerprint density at radius 2 is 1.66 bits per heavy atom. The van der Waals surface area contributed by atoms with Crippen LogP contribution in [0.5, 0.6) is 0 Å². The molecule has 10 heteroatoms. The lowest BCUT2D eigenvalue weighted by Crippen LogP contribution is -2.53. The fourth-order valence-electron chi connectivity index (χ4n) is 4.44. The summed E-state index contributed by atoms with van der Waals surface area (Å²) in [5.41, 5.74) is -1.28. The first kappa shape index (κ1) is 22.7. The topological polar surface area (TPSA) is 69.6 Å². The van der Waals surface area contributed by atoms with Crippen LogP contribution in [0.1, 0.15) is 41.6 Å². The molecule has 32 heavy (non-hydrogen) atoms. The molecule has 3 atom stereocenters. The number of amides is 2. The van der Waals surface area contributed by atoms with Crippen molar-refractivity contribution in [1.29, 1.82) is 0 Å². The van der Waals surface area contributed by atoms with Crippen LogP contribution in [-0.4, -0.2) is 40.0 Å². The van der Waals surface area contributed by atoms with Crippen molar-refractivity contribution in [1.82, 2.24) is 4.90 Å². The number of halogens is 5. The lowest BCUT2D eigenvalue weighted by atomic mass is 9.96. The summed E-state index contributed by atoms with van der Waals surface area (Å²) in [5, 5.41) is 12.3. The highest BCUT2D eigenvalue weighted by atomic mass is 79.9. The van der Waals surface area contributed by atoms with Crippen LogP contribution in [0.25, 0.3) is 0 Å². The number of alkyl halides is 2. The molecule has 5 nitrogen and oxygen atoms in total. The van der Waals surface area contributed by atoms with Crippen LogP contribution in [0.3, 0.4) is 0 Å². The van der Waals surface area contributed by atoms with Crippen LogP contribution in [-0.2, 0) is 10.7 Å². The summed E-state index contributed by atoms with van der Waals surface area (Å²) in [5.74, 6) is -8.41. The molecule has 2 aliphatic rings. The second-order valence-electron chi connectivity index (χ2n) is 8.07. The molecule has 2 bridgehead atoms. The SMILES string of the molecule is O=C(Nc1ccc(F)c(Br)c1)c1ccc(F)c(C(F)(F)C(=O)N2[C@@H]3CC[C@H]2CC(O)C3)c1. The van der Waals surface area contributed by atoms with Gasteiger partial charge in [0, 0.05) is 23.3 Å². The van der Waals surface area contributed by atoms with Gasteiger partial charge in [-0.15, -0.1) is 0 Å². The Hall–Kier alpha value is -2.46. The first-order chi connectivity index (χ1) is 15.1. The zero-order chi connectivity index (χ0) is 23.2. The van der Waals surface area contributed by atoms with E-state index in [0.717, 1.165) is 17.0 Å². The molecule has 2 amide bonds. The average molecular weight is 515 g/mol. The highest BCUT2D eigenvalue weighted by molar-refractivity contribution is 9.10. The van der Waals surface area contributed by atoms with E-state index in [1.54, 1.807) is 0 Å². The van der Waals surface area contributed by atoms with E-state index in [4.69, 9.17) is 0 Å². The van der Waals surface area contributed by atoms with Crippen molar-refractivity contribution in [2.45, 2.75) is 49.8 Å². The fourth-order valence-corrected chi connectivity index (χ4v) is 4.82. The van der Waals surface area contributed by atoms with Crippen molar-refractivity contribution in [2.24, 2.45) is 0 Å². The highest BCUT2D eigenvalue weighted by Crippen LogP contribution is 2.41. The number of aliphatic hydroxyl groups excluding tert-OH is 1. The van der Waals surface area contributed by atoms with Gasteiger partial charge in [0.15, 0.2) is 0 Å². The summed E-state index contributed by atoms with van der Waals surface area (Å²) < 4.78 is 58.2. The van der Waals surface area contributed by atoms with Gasteiger partial charge in [0.05, 0.1) is 16.1 Å². The maximum absolute atomic E-state index is 15.2. The van der Waals surface area contributed by atoms with Gasteiger partial charge in [0.2, 0.25) is 0 Å². The normalized spacial score (nSPS) is 22.7. The molecule has 0 radical (unpaired) electrons. The van der Waals surface area contributed by atoms with Crippen LogP contribution in [0, 0.1) is 11.6 Å². The summed E-state index contributed by atoms with van der Waals surface area (Å²) in [6.07, 6.45) is 0.761. The van der Waals surface area contributed by atoms with E-state index >= 15 is 8.78 Å². The van der Waals surface area contributed by atoms with Crippen molar-refractivity contribution in [3.8, 4) is 0 Å². The van der Waals surface area contributed by atoms with Gasteiger partial charge in [-0.25, -0.2) is 8.78 Å². The zero-order valence-corrected chi connectivity index (χ0v) is 18.2. The summed E-state index contributed by atoms with van der Waals surface area (Å²) in [7, 11) is 0. The molecule has 4 rings (SSSR count). The van der Waals surface area contributed by atoms with E-state index in [2.05, 4.69) is 21.2 Å². The van der Waals surface area contributed by atoms with Crippen LogP contribution in [0.2, 0.25) is 0 Å². The predicted molar refractivity (Wildman–Crippen MR) is 111 cm³/mol. The van der Waals surface area contributed by atoms with E-state index in [-0.39, 0.29) is 28.6 Å². The van der Waals surface area contributed by atoms with Crippen molar-refractivity contribution in [2.75, 3.05) is 5.32 Å². The Morgan fingerprint density at radius 3 is 2.28 bits per heavy atom. The molecular weight excluding hydrogens is 496 g/mol. The van der Waals surface area contributed by atoms with E-state index in [1.165, 1.54) is 12.1 Å². The summed E-state index contributed by atoms with van der Waals surface area (Å²) in [6.45, 7) is 0. The van der Waals surface area contributed by atoms with Gasteiger partial charge in [0.25, 0.3) is 11.8 Å². The van der Waals surface area contributed by atoms with Crippen molar-refractivity contribution < 1.29 is 32.3 Å². The number of aliphatic hydroxyl groups is 1. The van der Waals surface area contributed by atoms with Gasteiger partial charge in [-0.1, -0.05) is 0 Å². The minimum absolute atomic E-state index is 0.0912. The number of hydrogen-bond donors (Lipinski definition) is 2. The Morgan fingerprint density at radius 1 is 1.03 bits per heavy atom. The highest BCUT2D eigenvalue weighted by Gasteiger charge is 2.53. The third-order valence-electron chi connectivity index (χ3n) is 5.96. The van der Waals surface area contributed by atoms with E-state index < -0.39 is 53.1 Å². The van der Waals surface area contributed by atoms with Crippen molar-refractivity contribution in [3.05, 3.63) is 63.6 Å². The number of fused-ring (bicyclic) bond motifs is 2. The van der Waals surface area contributed by atoms with Crippen molar-refractivity contribution >= 4 is 33.4 Å². The summed E-state index contributed by atoms with van der Waals surface area (Å²) in [6, 6.07) is 5.02. The number of nitrogens with one attached hydrogen (secondary N) is 1. The fraction of sp³-hybridized carbons (Fsp3) is 0.364. The first-order valence-corrected chi connectivity index (χ1v) is 10.8. The molecule has 2 aromatic carbocycles. The predicted octanol–water partition coefficient (Wildman–Crippen LogP) is 4.59. The number of anilines is 1. The minimum Gasteiger partial charge on any atom is -0.393 e. The van der Waals surface area contributed by atoms with Crippen LogP contribution in [0.4, 0.5) is 23.2 Å². The molecule has 1 unspecified atom stereocenters. The second-order valence-corrected chi connectivity index (χ2v) is 8.93. The average Bonchev–Trinajstić information content (AvgIpc) is 3.00. The van der Waals surface area contributed by atoms with Gasteiger partial charge < -0.3 is 15.3 Å². The quantitative estimate of drug-likeness (QED) is 0.586. The van der Waals surface area contributed by atoms with Crippen LogP contribution < -0.4 is 5.32 Å². The van der Waals surface area contributed by atoms with Gasteiger partial charge >= 0.3 is 5.92 Å². The van der Waals surface area contributed by atoms with Crippen LogP contribution in [0.15, 0.2) is 40.9 Å². The Bertz CT molecular complexity index is 1070. The van der Waals surface area contributed by atoms with Crippen LogP contribution >= 0.6 is 15.9 Å². The third kappa shape index (κ3) is 4.13. The Balaban J connectivity index is 1.59. The molecule has 2 N–H and O–H groups in total. The molecule has 2 saturated heterocycles. The first-order valence-electron chi connectivity index (χ1n) is 10.0. The molecule has 170 valence electrons. The van der Waals surface area contributed by atoms with E-state index in [9.17, 15) is 23.5 Å². The smallest absolute Gasteiger partial charge is 0.352 e. The Kier molecular flexibility index (Phi) is 6.02. The maximum atomic E-state index is 15.2. The number of nitrogens with zero attached hydrogens (tertiary/aromatic N) is 1. The minimum atomic E-state index is -4.19. The maximum Gasteiger partial charge on any atom is 0.352 e. The number of piperidine rings is 1. The molecule has 2 aromatic rings. The molecule has 2 aliphatic heterocycles. The standard InChI is InChI=1S/C22H19BrF4N2O3/c23-17-8-12(2-6-19(17)25)28-20(31)11-1-5-18(24)16(7-11)22(26,27)21(32)29-13-3-4-14(29)10-15(30)9-13/h1-2,5-8,13-15,30H,3-4,9-10H2,(H,28,31)/t13-,14+,15?. The molecule has 0 aliphatic carbocycles. The summed E-state index contributed by atoms with van der Waals surface area (Å²) >= 11 is 2.98. The van der Waals surface area contributed by atoms with Gasteiger partial charge in [0.1, 0.15) is 11.6 Å². The molecule has 0 aromatic heterocycles. The summed E-state index contributed by atoms with van der Waals surface area (Å²) in [4.78, 5) is 26.3. The second kappa shape index (κ2) is 8.47. The van der Waals surface area contributed by atoms with Crippen molar-refractivity contribution in [3.63, 3.8) is 0 Å². The number of benzene rings is 2. The van der Waals surface area contributed by atoms with Gasteiger partial charge in [-0.2, -0.15) is 8.78 Å². The molecule has 0 spiro atoms. The lowest BCUT2D eigenvalue weighted by molar-refractivity contribution is -0.166. The molecule has 0 saturated carbocycles. The van der Waals surface area contributed by atoms with Gasteiger partial charge in [-0.05, 0) is 78.0 Å². The number of hydrogen-bond acceptors (Lipinski definition) is 3. The van der Waals surface area contributed by atoms with E-state index in [0.29, 0.717) is 25.0 Å². The molecular formula is C22H19BrF4N2O3. The zero-order valence-electron chi connectivity index (χ0n) is 16.6. The lowest BCUT2D eigenvalue weighted by Gasteiger charge is -2.39. The third-order valence-corrected chi connectivity index (χ3v) is 6.56. The number of carbonyl (C=O) groups is 2. The molecule has 2 fully saturated rings. The Labute approximate surface area is 189 Å².